The molecule has 1 aromatic carbocycles. The second kappa shape index (κ2) is 11.6. The van der Waals surface area contributed by atoms with Gasteiger partial charge in [-0.3, -0.25) is 14.9 Å². The van der Waals surface area contributed by atoms with E-state index in [0.717, 1.165) is 69.9 Å². The lowest BCUT2D eigenvalue weighted by molar-refractivity contribution is -0.158. The van der Waals surface area contributed by atoms with Crippen molar-refractivity contribution in [2.24, 2.45) is 10.4 Å². The zero-order chi connectivity index (χ0) is 32.6. The van der Waals surface area contributed by atoms with E-state index in [1.54, 1.807) is 6.20 Å². The lowest BCUT2D eigenvalue weighted by Crippen LogP contribution is -2.58. The van der Waals surface area contributed by atoms with Crippen molar-refractivity contribution in [1.29, 1.82) is 5.26 Å². The zero-order valence-electron chi connectivity index (χ0n) is 26.3. The number of benzene rings is 1. The Balaban J connectivity index is 1.12. The van der Waals surface area contributed by atoms with E-state index < -0.39 is 11.6 Å². The lowest BCUT2D eigenvalue weighted by atomic mass is 9.85. The molecule has 248 valence electrons. The van der Waals surface area contributed by atoms with Crippen molar-refractivity contribution in [3.05, 3.63) is 35.5 Å². The van der Waals surface area contributed by atoms with Gasteiger partial charge in [-0.2, -0.15) is 15.2 Å². The van der Waals surface area contributed by atoms with Gasteiger partial charge in [-0.25, -0.2) is 8.78 Å². The van der Waals surface area contributed by atoms with Gasteiger partial charge in [0.05, 0.1) is 47.5 Å². The average molecular weight is 673 g/mol. The molecule has 1 N–H and O–H groups in total. The number of aliphatic imine (C=N–C) groups is 1. The van der Waals surface area contributed by atoms with E-state index in [0.29, 0.717) is 55.2 Å². The third-order valence-electron chi connectivity index (χ3n) is 10.7. The van der Waals surface area contributed by atoms with E-state index in [4.69, 9.17) is 19.2 Å². The number of halogens is 2. The molecule has 5 fully saturated rings. The van der Waals surface area contributed by atoms with Gasteiger partial charge in [-0.15, -0.1) is 11.3 Å². The van der Waals surface area contributed by atoms with Crippen molar-refractivity contribution in [3.8, 4) is 23.3 Å². The highest BCUT2D eigenvalue weighted by Crippen LogP contribution is 2.44. The number of thiophene rings is 1. The smallest absolute Gasteiger partial charge is 0.319 e. The van der Waals surface area contributed by atoms with Gasteiger partial charge >= 0.3 is 6.01 Å². The van der Waals surface area contributed by atoms with Crippen LogP contribution in [0.3, 0.4) is 0 Å². The Bertz CT molecular complexity index is 1970. The second-order valence-electron chi connectivity index (χ2n) is 13.8. The van der Waals surface area contributed by atoms with Gasteiger partial charge in [0.2, 0.25) is 0 Å². The average Bonchev–Trinajstić information content (AvgIpc) is 3.70. The number of nitriles is 1. The molecule has 0 spiro atoms. The third kappa shape index (κ3) is 4.86. The van der Waals surface area contributed by atoms with Gasteiger partial charge in [0.15, 0.2) is 5.82 Å². The van der Waals surface area contributed by atoms with Crippen LogP contribution in [0, 0.1) is 28.4 Å². The fraction of sp³-hybridized carbons (Fsp3) is 0.500. The van der Waals surface area contributed by atoms with E-state index in [1.807, 2.05) is 0 Å². The van der Waals surface area contributed by atoms with Gasteiger partial charge in [0.25, 0.3) is 0 Å². The minimum atomic E-state index is -0.693. The summed E-state index contributed by atoms with van der Waals surface area (Å²) in [5, 5.41) is 14.6. The van der Waals surface area contributed by atoms with Gasteiger partial charge in [-0.1, -0.05) is 0 Å². The van der Waals surface area contributed by atoms with Crippen LogP contribution in [-0.4, -0.2) is 103 Å². The van der Waals surface area contributed by atoms with Crippen molar-refractivity contribution in [3.63, 3.8) is 0 Å². The predicted octanol–water partition coefficient (Wildman–Crippen LogP) is 4.59. The molecule has 4 aromatic rings. The van der Waals surface area contributed by atoms with Crippen LogP contribution in [0.2, 0.25) is 0 Å². The van der Waals surface area contributed by atoms with Gasteiger partial charge in [-0.05, 0) is 44.5 Å². The van der Waals surface area contributed by atoms with Crippen LogP contribution in [0.4, 0.5) is 19.6 Å². The Kier molecular flexibility index (Phi) is 7.32. The fourth-order valence-corrected chi connectivity index (χ4v) is 9.23. The van der Waals surface area contributed by atoms with Gasteiger partial charge in [0.1, 0.15) is 40.5 Å². The summed E-state index contributed by atoms with van der Waals surface area (Å²) in [6.07, 6.45) is 5.98. The number of rotatable bonds is 8. The number of nitrogens with one attached hydrogen (secondary N) is 1. The number of hydrogen-bond donors (Lipinski definition) is 1. The molecule has 0 saturated carbocycles. The molecule has 5 aliphatic heterocycles. The fourth-order valence-electron chi connectivity index (χ4n) is 8.24. The van der Waals surface area contributed by atoms with E-state index in [-0.39, 0.29) is 48.9 Å². The number of pyridine rings is 1. The first-order valence-electron chi connectivity index (χ1n) is 16.5. The lowest BCUT2D eigenvalue weighted by Gasteiger charge is -2.47. The van der Waals surface area contributed by atoms with Crippen LogP contribution < -0.4 is 15.0 Å². The monoisotopic (exact) mass is 672 g/mol. The van der Waals surface area contributed by atoms with Crippen LogP contribution in [0.25, 0.3) is 32.2 Å². The topological polar surface area (TPSA) is 121 Å². The molecule has 9 rings (SSSR count). The molecule has 11 nitrogen and oxygen atoms in total. The molecule has 4 unspecified atom stereocenters. The van der Waals surface area contributed by atoms with Crippen molar-refractivity contribution in [2.45, 2.75) is 49.9 Å². The predicted molar refractivity (Wildman–Crippen MR) is 177 cm³/mol. The number of fused-ring (bicyclic) bond motifs is 6. The molecule has 14 heteroatoms. The number of nitrogens with zero attached hydrogens (tertiary/aromatic N) is 7. The Hall–Kier alpha value is -3.87. The molecule has 5 saturated heterocycles. The zero-order valence-corrected chi connectivity index (χ0v) is 27.1. The van der Waals surface area contributed by atoms with E-state index in [1.165, 1.54) is 12.1 Å². The molecule has 5 aliphatic rings. The number of piperazine rings is 1. The van der Waals surface area contributed by atoms with E-state index in [2.05, 4.69) is 42.9 Å². The first-order valence-corrected chi connectivity index (χ1v) is 17.3. The first kappa shape index (κ1) is 30.2. The molecule has 8 heterocycles. The van der Waals surface area contributed by atoms with Crippen LogP contribution in [-0.2, 0) is 9.47 Å². The van der Waals surface area contributed by atoms with Crippen molar-refractivity contribution < 1.29 is 23.0 Å². The normalized spacial score (nSPS) is 26.1. The highest BCUT2D eigenvalue weighted by molar-refractivity contribution is 7.23. The van der Waals surface area contributed by atoms with Gasteiger partial charge < -0.3 is 24.4 Å². The molecule has 0 radical (unpaired) electrons. The number of hydrogen-bond acceptors (Lipinski definition) is 12. The van der Waals surface area contributed by atoms with Crippen LogP contribution in [0.5, 0.6) is 6.01 Å². The molecule has 4 bridgehead atoms. The van der Waals surface area contributed by atoms with E-state index in [9.17, 15) is 9.65 Å². The molecular weight excluding hydrogens is 638 g/mol. The number of morpholine rings is 1. The SMILES string of the molecule is C=Nc1sc2c(F)ccc(-c3ncc4c(N5CC6CCC(C5)N6)nc(OCC5(CN6C7CCC6COC7)COC5)nc4c3F)c2c1C#N. The van der Waals surface area contributed by atoms with Crippen LogP contribution >= 0.6 is 11.3 Å². The minimum absolute atomic E-state index is 0.0416. The first-order chi connectivity index (χ1) is 23.4. The summed E-state index contributed by atoms with van der Waals surface area (Å²) in [4.78, 5) is 22.7. The summed E-state index contributed by atoms with van der Waals surface area (Å²) in [7, 11) is 0. The summed E-state index contributed by atoms with van der Waals surface area (Å²) in [5.74, 6) is -0.645. The minimum Gasteiger partial charge on any atom is -0.463 e. The quantitative estimate of drug-likeness (QED) is 0.266. The Morgan fingerprint density at radius 2 is 1.88 bits per heavy atom. The number of anilines is 1. The van der Waals surface area contributed by atoms with Crippen molar-refractivity contribution in [1.82, 2.24) is 25.2 Å². The molecule has 4 atom stereocenters. The highest BCUT2D eigenvalue weighted by Gasteiger charge is 2.47. The maximum Gasteiger partial charge on any atom is 0.319 e. The molecule has 3 aromatic heterocycles. The van der Waals surface area contributed by atoms with Crippen molar-refractivity contribution >= 4 is 49.9 Å². The summed E-state index contributed by atoms with van der Waals surface area (Å²) < 4.78 is 49.9. The summed E-state index contributed by atoms with van der Waals surface area (Å²) in [6, 6.07) is 6.35. The van der Waals surface area contributed by atoms with E-state index >= 15 is 4.39 Å². The van der Waals surface area contributed by atoms with Crippen molar-refractivity contribution in [2.75, 3.05) is 57.6 Å². The summed E-state index contributed by atoms with van der Waals surface area (Å²) >= 11 is 1.00. The molecule has 48 heavy (non-hydrogen) atoms. The largest absolute Gasteiger partial charge is 0.463 e. The maximum atomic E-state index is 16.9. The number of ether oxygens (including phenoxy) is 3. The highest BCUT2D eigenvalue weighted by atomic mass is 32.1. The Morgan fingerprint density at radius 3 is 2.56 bits per heavy atom. The Morgan fingerprint density at radius 1 is 1.10 bits per heavy atom. The number of aromatic nitrogens is 3. The maximum absolute atomic E-state index is 16.9. The summed E-state index contributed by atoms with van der Waals surface area (Å²) in [5.41, 5.74) is 0.202. The van der Waals surface area contributed by atoms with Crippen LogP contribution in [0.15, 0.2) is 23.3 Å². The Labute approximate surface area is 279 Å². The molecular formula is C34H34F2N8O3S. The second-order valence-corrected chi connectivity index (χ2v) is 14.8. The van der Waals surface area contributed by atoms with Crippen LogP contribution in [0.1, 0.15) is 31.2 Å². The standard InChI is InChI=1S/C34H34F2N8O3S/c1-38-32-23(8-37)26-22(6-7-25(35)30(26)48-32)28-27(36)29-24(9-39-28)31(43-10-18-2-3-19(11-43)40-18)42-33(41-29)47-17-34(15-46-16-34)14-44-20-4-5-21(44)13-45-12-20/h6-7,9,18-21,40H,1-5,10-17H2. The molecule has 0 amide bonds. The van der Waals surface area contributed by atoms with Gasteiger partial charge in [0, 0.05) is 60.9 Å². The third-order valence-corrected chi connectivity index (χ3v) is 11.8. The molecule has 0 aliphatic carbocycles. The summed E-state index contributed by atoms with van der Waals surface area (Å²) in [6.45, 7) is 8.78.